The number of nitrogens with one attached hydrogen (secondary N) is 1. The highest BCUT2D eigenvalue weighted by molar-refractivity contribution is 5.92. The molecule has 132 valence electrons. The molecule has 1 aromatic heterocycles. The van der Waals surface area contributed by atoms with Gasteiger partial charge in [-0.05, 0) is 12.1 Å². The molecule has 3 rings (SSSR count). The molecule has 25 heavy (non-hydrogen) atoms. The fourth-order valence-corrected chi connectivity index (χ4v) is 2.64. The highest BCUT2D eigenvalue weighted by Gasteiger charge is 2.12. The van der Waals surface area contributed by atoms with Gasteiger partial charge in [-0.2, -0.15) is 0 Å². The van der Waals surface area contributed by atoms with Crippen molar-refractivity contribution >= 4 is 17.4 Å². The van der Waals surface area contributed by atoms with Crippen molar-refractivity contribution in [1.29, 1.82) is 0 Å². The minimum absolute atomic E-state index is 0.199. The molecule has 0 radical (unpaired) electrons. The monoisotopic (exact) mass is 341 g/mol. The zero-order valence-electron chi connectivity index (χ0n) is 14.4. The normalized spacial score (nSPS) is 14.9. The number of morpholine rings is 1. The molecule has 0 aliphatic carbocycles. The summed E-state index contributed by atoms with van der Waals surface area (Å²) in [4.78, 5) is 25.0. The zero-order chi connectivity index (χ0) is 17.5. The Labute approximate surface area is 147 Å². The van der Waals surface area contributed by atoms with Crippen LogP contribution in [0.25, 0.3) is 0 Å². The average molecular weight is 341 g/mol. The minimum atomic E-state index is -0.199. The van der Waals surface area contributed by atoms with Gasteiger partial charge in [0.15, 0.2) is 5.82 Å². The molecule has 0 atom stereocenters. The topological polar surface area (TPSA) is 70.6 Å². The van der Waals surface area contributed by atoms with E-state index in [0.717, 1.165) is 38.5 Å². The number of benzene rings is 1. The van der Waals surface area contributed by atoms with E-state index in [1.165, 1.54) is 6.20 Å². The lowest BCUT2D eigenvalue weighted by Gasteiger charge is -2.26. The molecule has 1 aromatic carbocycles. The number of rotatable bonds is 6. The van der Waals surface area contributed by atoms with Gasteiger partial charge >= 0.3 is 0 Å². The van der Waals surface area contributed by atoms with Crippen LogP contribution < -0.4 is 10.2 Å². The molecule has 0 spiro atoms. The third-order valence-electron chi connectivity index (χ3n) is 4.18. The van der Waals surface area contributed by atoms with Gasteiger partial charge in [-0.15, -0.1) is 0 Å². The van der Waals surface area contributed by atoms with Crippen LogP contribution in [0, 0.1) is 0 Å². The fraction of sp³-hybridized carbons (Fsp3) is 0.389. The standard InChI is InChI=1S/C18H23N5O2/c1-22(15-5-3-2-4-6-15)17-14-20-16(13-21-17)18(24)19-7-8-23-9-11-25-12-10-23/h2-6,13-14H,7-12H2,1H3,(H,19,24). The van der Waals surface area contributed by atoms with Gasteiger partial charge in [0, 0.05) is 38.9 Å². The van der Waals surface area contributed by atoms with Crippen molar-refractivity contribution < 1.29 is 9.53 Å². The maximum Gasteiger partial charge on any atom is 0.271 e. The molecule has 1 saturated heterocycles. The van der Waals surface area contributed by atoms with Crippen molar-refractivity contribution in [3.05, 3.63) is 48.4 Å². The van der Waals surface area contributed by atoms with Crippen LogP contribution in [0.5, 0.6) is 0 Å². The van der Waals surface area contributed by atoms with Crippen molar-refractivity contribution in [2.75, 3.05) is 51.3 Å². The van der Waals surface area contributed by atoms with Crippen molar-refractivity contribution in [2.45, 2.75) is 0 Å². The largest absolute Gasteiger partial charge is 0.379 e. The number of ether oxygens (including phenoxy) is 1. The number of nitrogens with zero attached hydrogens (tertiary/aromatic N) is 4. The van der Waals surface area contributed by atoms with E-state index in [1.54, 1.807) is 6.20 Å². The maximum absolute atomic E-state index is 12.2. The van der Waals surface area contributed by atoms with Crippen molar-refractivity contribution in [1.82, 2.24) is 20.2 Å². The molecule has 2 aromatic rings. The van der Waals surface area contributed by atoms with Crippen LogP contribution in [0.15, 0.2) is 42.7 Å². The number of para-hydroxylation sites is 1. The minimum Gasteiger partial charge on any atom is -0.379 e. The Morgan fingerprint density at radius 2 is 1.96 bits per heavy atom. The molecule has 1 fully saturated rings. The highest BCUT2D eigenvalue weighted by atomic mass is 16.5. The Balaban J connectivity index is 1.51. The first-order valence-electron chi connectivity index (χ1n) is 8.43. The Bertz CT molecular complexity index is 672. The molecule has 1 aliphatic heterocycles. The van der Waals surface area contributed by atoms with Gasteiger partial charge in [0.2, 0.25) is 0 Å². The number of amides is 1. The molecule has 7 nitrogen and oxygen atoms in total. The van der Waals surface area contributed by atoms with Crippen molar-refractivity contribution in [3.8, 4) is 0 Å². The van der Waals surface area contributed by atoms with Crippen LogP contribution >= 0.6 is 0 Å². The quantitative estimate of drug-likeness (QED) is 0.854. The smallest absolute Gasteiger partial charge is 0.271 e. The summed E-state index contributed by atoms with van der Waals surface area (Å²) >= 11 is 0. The second-order valence-electron chi connectivity index (χ2n) is 5.86. The van der Waals surface area contributed by atoms with Gasteiger partial charge in [-0.3, -0.25) is 9.69 Å². The number of hydrogen-bond acceptors (Lipinski definition) is 6. The van der Waals surface area contributed by atoms with E-state index < -0.39 is 0 Å². The Morgan fingerprint density at radius 1 is 1.20 bits per heavy atom. The molecule has 1 amide bonds. The Hall–Kier alpha value is -2.51. The number of carbonyl (C=O) groups excluding carboxylic acids is 1. The van der Waals surface area contributed by atoms with E-state index >= 15 is 0 Å². The summed E-state index contributed by atoms with van der Waals surface area (Å²) in [6, 6.07) is 9.89. The maximum atomic E-state index is 12.2. The van der Waals surface area contributed by atoms with E-state index in [4.69, 9.17) is 4.74 Å². The molecule has 0 bridgehead atoms. The third-order valence-corrected chi connectivity index (χ3v) is 4.18. The van der Waals surface area contributed by atoms with E-state index in [-0.39, 0.29) is 5.91 Å². The van der Waals surface area contributed by atoms with Gasteiger partial charge in [0.1, 0.15) is 5.69 Å². The first kappa shape index (κ1) is 17.3. The number of aromatic nitrogens is 2. The summed E-state index contributed by atoms with van der Waals surface area (Å²) in [6.07, 6.45) is 3.13. The first-order valence-corrected chi connectivity index (χ1v) is 8.43. The molecule has 0 unspecified atom stereocenters. The van der Waals surface area contributed by atoms with E-state index in [2.05, 4.69) is 20.2 Å². The summed E-state index contributed by atoms with van der Waals surface area (Å²) in [5.74, 6) is 0.491. The van der Waals surface area contributed by atoms with Gasteiger partial charge in [0.25, 0.3) is 5.91 Å². The molecular weight excluding hydrogens is 318 g/mol. The second kappa shape index (κ2) is 8.55. The lowest BCUT2D eigenvalue weighted by molar-refractivity contribution is 0.0383. The summed E-state index contributed by atoms with van der Waals surface area (Å²) in [6.45, 7) is 4.75. The van der Waals surface area contributed by atoms with Crippen LogP contribution in [0.1, 0.15) is 10.5 Å². The van der Waals surface area contributed by atoms with Crippen LogP contribution in [-0.2, 0) is 4.74 Å². The van der Waals surface area contributed by atoms with Crippen LogP contribution in [0.4, 0.5) is 11.5 Å². The summed E-state index contributed by atoms with van der Waals surface area (Å²) in [7, 11) is 1.92. The lowest BCUT2D eigenvalue weighted by Crippen LogP contribution is -2.41. The van der Waals surface area contributed by atoms with Gasteiger partial charge in [-0.25, -0.2) is 9.97 Å². The Morgan fingerprint density at radius 3 is 2.64 bits per heavy atom. The summed E-state index contributed by atoms with van der Waals surface area (Å²) < 4.78 is 5.31. The number of anilines is 2. The van der Waals surface area contributed by atoms with E-state index in [1.807, 2.05) is 42.3 Å². The van der Waals surface area contributed by atoms with Crippen LogP contribution in [-0.4, -0.2) is 67.2 Å². The second-order valence-corrected chi connectivity index (χ2v) is 5.86. The molecule has 7 heteroatoms. The number of carbonyl (C=O) groups is 1. The van der Waals surface area contributed by atoms with Gasteiger partial charge in [0.05, 0.1) is 25.6 Å². The molecule has 2 heterocycles. The lowest BCUT2D eigenvalue weighted by atomic mass is 10.3. The molecule has 1 aliphatic rings. The highest BCUT2D eigenvalue weighted by Crippen LogP contribution is 2.19. The van der Waals surface area contributed by atoms with Gasteiger partial charge < -0.3 is 15.0 Å². The molecule has 0 saturated carbocycles. The Kier molecular flexibility index (Phi) is 5.92. The summed E-state index contributed by atoms with van der Waals surface area (Å²) in [5, 5.41) is 2.89. The van der Waals surface area contributed by atoms with Crippen LogP contribution in [0.2, 0.25) is 0 Å². The predicted molar refractivity (Wildman–Crippen MR) is 96.1 cm³/mol. The zero-order valence-corrected chi connectivity index (χ0v) is 14.4. The fourth-order valence-electron chi connectivity index (χ4n) is 2.64. The van der Waals surface area contributed by atoms with Crippen molar-refractivity contribution in [2.24, 2.45) is 0 Å². The summed E-state index contributed by atoms with van der Waals surface area (Å²) in [5.41, 5.74) is 1.34. The van der Waals surface area contributed by atoms with Crippen molar-refractivity contribution in [3.63, 3.8) is 0 Å². The molecule has 1 N–H and O–H groups in total. The third kappa shape index (κ3) is 4.74. The SMILES string of the molecule is CN(c1ccccc1)c1cnc(C(=O)NCCN2CCOCC2)cn1. The first-order chi connectivity index (χ1) is 12.2. The van der Waals surface area contributed by atoms with Gasteiger partial charge in [-0.1, -0.05) is 18.2 Å². The van der Waals surface area contributed by atoms with Crippen LogP contribution in [0.3, 0.4) is 0 Å². The predicted octanol–water partition coefficient (Wildman–Crippen LogP) is 1.31. The van der Waals surface area contributed by atoms with E-state index in [0.29, 0.717) is 18.1 Å². The van der Waals surface area contributed by atoms with E-state index in [9.17, 15) is 4.79 Å². The number of hydrogen-bond donors (Lipinski definition) is 1. The molecular formula is C18H23N5O2. The average Bonchev–Trinajstić information content (AvgIpc) is 2.69.